The average molecular weight is 953 g/mol. The van der Waals surface area contributed by atoms with Gasteiger partial charge < -0.3 is 0 Å². The molecule has 8 nitrogen and oxygen atoms in total. The summed E-state index contributed by atoms with van der Waals surface area (Å²) in [4.78, 5) is 38.4. The van der Waals surface area contributed by atoms with E-state index in [0.717, 1.165) is 78.0 Å². The Hall–Kier alpha value is -9.92. The average Bonchev–Trinajstić information content (AvgIpc) is 3.48. The van der Waals surface area contributed by atoms with E-state index in [1.165, 1.54) is 11.1 Å². The number of aromatic nitrogens is 8. The Morgan fingerprint density at radius 1 is 0.230 bits per heavy atom. The highest BCUT2D eigenvalue weighted by atomic mass is 15.0. The van der Waals surface area contributed by atoms with Crippen LogP contribution in [0.5, 0.6) is 0 Å². The van der Waals surface area contributed by atoms with E-state index in [1.807, 2.05) is 158 Å². The maximum absolute atomic E-state index is 4.95. The summed E-state index contributed by atoms with van der Waals surface area (Å²) in [6, 6.07) is 80.2. The van der Waals surface area contributed by atoms with E-state index in [4.69, 9.17) is 29.9 Å². The molecule has 0 aliphatic carbocycles. The summed E-state index contributed by atoms with van der Waals surface area (Å²) in [5, 5.41) is 0. The second-order valence-electron chi connectivity index (χ2n) is 17.9. The van der Waals surface area contributed by atoms with Crippen molar-refractivity contribution in [1.82, 2.24) is 39.9 Å². The van der Waals surface area contributed by atoms with Crippen LogP contribution in [0.2, 0.25) is 0 Å². The Balaban J connectivity index is 0.000000159. The molecule has 0 N–H and O–H groups in total. The summed E-state index contributed by atoms with van der Waals surface area (Å²) in [6.45, 7) is 4.20. The first-order valence-corrected chi connectivity index (χ1v) is 24.5. The molecule has 4 heterocycles. The van der Waals surface area contributed by atoms with Crippen LogP contribution < -0.4 is 0 Å². The Kier molecular flexibility index (Phi) is 13.6. The van der Waals surface area contributed by atoms with E-state index < -0.39 is 0 Å². The van der Waals surface area contributed by atoms with Gasteiger partial charge in [-0.05, 0) is 96.3 Å². The van der Waals surface area contributed by atoms with Gasteiger partial charge in [0, 0.05) is 63.1 Å². The van der Waals surface area contributed by atoms with Gasteiger partial charge in [-0.3, -0.25) is 9.97 Å². The molecule has 0 aliphatic heterocycles. The monoisotopic (exact) mass is 952 g/mol. The highest BCUT2D eigenvalue weighted by Crippen LogP contribution is 2.35. The maximum Gasteiger partial charge on any atom is 0.164 e. The zero-order valence-electron chi connectivity index (χ0n) is 40.8. The third-order valence-corrected chi connectivity index (χ3v) is 12.5. The van der Waals surface area contributed by atoms with Crippen LogP contribution in [0.25, 0.3) is 113 Å². The molecule has 0 unspecified atom stereocenters. The van der Waals surface area contributed by atoms with E-state index in [9.17, 15) is 0 Å². The van der Waals surface area contributed by atoms with Crippen molar-refractivity contribution in [2.75, 3.05) is 0 Å². The van der Waals surface area contributed by atoms with Gasteiger partial charge in [-0.25, -0.2) is 29.9 Å². The largest absolute Gasteiger partial charge is 0.264 e. The Bertz CT molecular complexity index is 3430. The highest BCUT2D eigenvalue weighted by molar-refractivity contribution is 5.81. The molecule has 8 heteroatoms. The first-order chi connectivity index (χ1) is 36.5. The first-order valence-electron chi connectivity index (χ1n) is 24.5. The predicted molar refractivity (Wildman–Crippen MR) is 299 cm³/mol. The van der Waals surface area contributed by atoms with Crippen LogP contribution in [0, 0.1) is 13.8 Å². The number of hydrogen-bond donors (Lipinski definition) is 0. The number of aryl methyl sites for hydroxylation is 2. The van der Waals surface area contributed by atoms with E-state index in [1.54, 1.807) is 6.20 Å². The second kappa shape index (κ2) is 21.6. The van der Waals surface area contributed by atoms with Crippen molar-refractivity contribution in [1.29, 1.82) is 0 Å². The SMILES string of the molecule is Cc1ccc(-c2cc(-c3ccccn3)cc(-c3nc(-c4ccccc4)nc(-c4ccccc4)n3)c2)cc1.Cc1ccc(-c2cc(-c3cccnc3)cc(-c3nc(-c4ccccc4)nc(-c4ccccc4)n3)c2)cc1. The number of nitrogens with zero attached hydrogens (tertiary/aromatic N) is 8. The Morgan fingerprint density at radius 2 is 0.554 bits per heavy atom. The van der Waals surface area contributed by atoms with Crippen molar-refractivity contribution >= 4 is 0 Å². The van der Waals surface area contributed by atoms with Crippen molar-refractivity contribution in [3.8, 4) is 113 Å². The molecule has 4 aromatic heterocycles. The molecular formula is C66H48N8. The van der Waals surface area contributed by atoms with Gasteiger partial charge in [-0.2, -0.15) is 0 Å². The normalized spacial score (nSPS) is 10.8. The molecule has 8 aromatic carbocycles. The minimum absolute atomic E-state index is 0.624. The molecule has 12 rings (SSSR count). The zero-order valence-corrected chi connectivity index (χ0v) is 40.8. The third-order valence-electron chi connectivity index (χ3n) is 12.5. The Morgan fingerprint density at radius 3 is 0.919 bits per heavy atom. The topological polar surface area (TPSA) is 103 Å². The quantitative estimate of drug-likeness (QED) is 0.134. The molecule has 352 valence electrons. The van der Waals surface area contributed by atoms with Crippen LogP contribution in [0.15, 0.2) is 255 Å². The highest BCUT2D eigenvalue weighted by Gasteiger charge is 2.17. The molecule has 0 saturated heterocycles. The summed E-state index contributed by atoms with van der Waals surface area (Å²) in [5.41, 5.74) is 16.5. The molecule has 0 atom stereocenters. The standard InChI is InChI=1S/2C33H24N4/c1-23-15-17-24(18-16-23)27-20-28(30-14-8-9-19-34-30)22-29(21-27)33-36-31(25-10-4-2-5-11-25)35-32(37-33)26-12-6-3-7-13-26;1-23-14-16-24(17-15-23)28-19-29(27-13-8-18-34-22-27)21-30(20-28)33-36-31(25-9-4-2-5-10-25)35-32(37-33)26-11-6-3-7-12-26/h2*2-22H,1H3. The lowest BCUT2D eigenvalue weighted by atomic mass is 9.96. The second-order valence-corrected chi connectivity index (χ2v) is 17.9. The lowest BCUT2D eigenvalue weighted by Crippen LogP contribution is -2.00. The van der Waals surface area contributed by atoms with Crippen molar-refractivity contribution in [3.05, 3.63) is 266 Å². The lowest BCUT2D eigenvalue weighted by Gasteiger charge is -2.12. The van der Waals surface area contributed by atoms with Crippen molar-refractivity contribution < 1.29 is 0 Å². The molecule has 0 aliphatic rings. The fourth-order valence-corrected chi connectivity index (χ4v) is 8.60. The zero-order chi connectivity index (χ0) is 50.1. The van der Waals surface area contributed by atoms with Crippen LogP contribution in [-0.2, 0) is 0 Å². The maximum atomic E-state index is 4.95. The smallest absolute Gasteiger partial charge is 0.164 e. The van der Waals surface area contributed by atoms with Crippen molar-refractivity contribution in [3.63, 3.8) is 0 Å². The van der Waals surface area contributed by atoms with Crippen molar-refractivity contribution in [2.45, 2.75) is 13.8 Å². The van der Waals surface area contributed by atoms with Crippen LogP contribution in [0.3, 0.4) is 0 Å². The number of benzene rings is 8. The Labute approximate surface area is 431 Å². The minimum atomic E-state index is 0.624. The predicted octanol–water partition coefficient (Wildman–Crippen LogP) is 15.8. The summed E-state index contributed by atoms with van der Waals surface area (Å²) in [6.07, 6.45) is 5.49. The van der Waals surface area contributed by atoms with Crippen LogP contribution in [0.4, 0.5) is 0 Å². The molecule has 0 spiro atoms. The molecule has 0 fully saturated rings. The van der Waals surface area contributed by atoms with Crippen LogP contribution in [-0.4, -0.2) is 39.9 Å². The van der Waals surface area contributed by atoms with Gasteiger partial charge in [0.05, 0.1) is 5.69 Å². The van der Waals surface area contributed by atoms with Gasteiger partial charge in [0.15, 0.2) is 34.9 Å². The van der Waals surface area contributed by atoms with Gasteiger partial charge >= 0.3 is 0 Å². The fourth-order valence-electron chi connectivity index (χ4n) is 8.60. The van der Waals surface area contributed by atoms with Gasteiger partial charge in [-0.15, -0.1) is 0 Å². The fraction of sp³-hybridized carbons (Fsp3) is 0.0303. The number of pyridine rings is 2. The van der Waals surface area contributed by atoms with E-state index in [2.05, 4.69) is 115 Å². The minimum Gasteiger partial charge on any atom is -0.264 e. The van der Waals surface area contributed by atoms with Gasteiger partial charge in [-0.1, -0.05) is 193 Å². The molecule has 0 radical (unpaired) electrons. The summed E-state index contributed by atoms with van der Waals surface area (Å²) in [7, 11) is 0. The molecular weight excluding hydrogens is 905 g/mol. The van der Waals surface area contributed by atoms with E-state index in [-0.39, 0.29) is 0 Å². The third kappa shape index (κ3) is 10.9. The summed E-state index contributed by atoms with van der Waals surface area (Å²) >= 11 is 0. The van der Waals surface area contributed by atoms with Gasteiger partial charge in [0.2, 0.25) is 0 Å². The van der Waals surface area contributed by atoms with E-state index in [0.29, 0.717) is 34.9 Å². The van der Waals surface area contributed by atoms with Crippen molar-refractivity contribution in [2.24, 2.45) is 0 Å². The summed E-state index contributed by atoms with van der Waals surface area (Å²) < 4.78 is 0. The van der Waals surface area contributed by atoms with Gasteiger partial charge in [0.1, 0.15) is 0 Å². The number of rotatable bonds is 10. The molecule has 12 aromatic rings. The molecule has 0 saturated carbocycles. The summed E-state index contributed by atoms with van der Waals surface area (Å²) in [5.74, 6) is 3.83. The lowest BCUT2D eigenvalue weighted by molar-refractivity contribution is 1.07. The molecule has 0 bridgehead atoms. The number of hydrogen-bond acceptors (Lipinski definition) is 8. The van der Waals surface area contributed by atoms with Crippen LogP contribution >= 0.6 is 0 Å². The van der Waals surface area contributed by atoms with Gasteiger partial charge in [0.25, 0.3) is 0 Å². The van der Waals surface area contributed by atoms with E-state index >= 15 is 0 Å². The van der Waals surface area contributed by atoms with Crippen LogP contribution in [0.1, 0.15) is 11.1 Å². The molecule has 74 heavy (non-hydrogen) atoms. The molecule has 0 amide bonds. The first kappa shape index (κ1) is 46.5.